The van der Waals surface area contributed by atoms with E-state index in [2.05, 4.69) is 12.2 Å². The van der Waals surface area contributed by atoms with Gasteiger partial charge in [-0.25, -0.2) is 0 Å². The van der Waals surface area contributed by atoms with E-state index < -0.39 is 0 Å². The maximum atomic E-state index is 12.0. The standard InChI is InChI=1S/C13H28N2O3/c1-6-13(3,4)14-12(17)11(2)15(5)7-9-18-10-8-16/h11,16H,6-10H2,1-5H3,(H,14,17). The molecule has 108 valence electrons. The first-order valence-electron chi connectivity index (χ1n) is 6.55. The highest BCUT2D eigenvalue weighted by Crippen LogP contribution is 2.08. The summed E-state index contributed by atoms with van der Waals surface area (Å²) in [7, 11) is 1.89. The van der Waals surface area contributed by atoms with Gasteiger partial charge in [-0.15, -0.1) is 0 Å². The third-order valence-corrected chi connectivity index (χ3v) is 3.21. The fraction of sp³-hybridized carbons (Fsp3) is 0.923. The Kier molecular flexibility index (Phi) is 8.15. The highest BCUT2D eigenvalue weighted by atomic mass is 16.5. The van der Waals surface area contributed by atoms with Gasteiger partial charge < -0.3 is 15.2 Å². The number of hydrogen-bond acceptors (Lipinski definition) is 4. The van der Waals surface area contributed by atoms with Gasteiger partial charge in [-0.1, -0.05) is 6.92 Å². The van der Waals surface area contributed by atoms with Crippen molar-refractivity contribution in [3.63, 3.8) is 0 Å². The summed E-state index contributed by atoms with van der Waals surface area (Å²) in [5, 5.41) is 11.6. The molecule has 0 spiro atoms. The summed E-state index contributed by atoms with van der Waals surface area (Å²) in [6, 6.07) is -0.187. The van der Waals surface area contributed by atoms with E-state index >= 15 is 0 Å². The Morgan fingerprint density at radius 2 is 2.06 bits per heavy atom. The zero-order chi connectivity index (χ0) is 14.2. The van der Waals surface area contributed by atoms with Crippen molar-refractivity contribution in [3.8, 4) is 0 Å². The van der Waals surface area contributed by atoms with Crippen molar-refractivity contribution in [1.82, 2.24) is 10.2 Å². The van der Waals surface area contributed by atoms with Crippen LogP contribution in [0.1, 0.15) is 34.1 Å². The number of carbonyl (C=O) groups is 1. The molecule has 0 heterocycles. The van der Waals surface area contributed by atoms with Crippen molar-refractivity contribution in [1.29, 1.82) is 0 Å². The molecule has 0 radical (unpaired) electrons. The zero-order valence-electron chi connectivity index (χ0n) is 12.3. The molecule has 1 unspecified atom stereocenters. The summed E-state index contributed by atoms with van der Waals surface area (Å²) in [6.07, 6.45) is 0.898. The molecule has 0 aromatic heterocycles. The van der Waals surface area contributed by atoms with Crippen molar-refractivity contribution in [3.05, 3.63) is 0 Å². The lowest BCUT2D eigenvalue weighted by atomic mass is 10.0. The molecule has 1 atom stereocenters. The monoisotopic (exact) mass is 260 g/mol. The molecule has 1 amide bonds. The van der Waals surface area contributed by atoms with Crippen LogP contribution in [0.25, 0.3) is 0 Å². The second-order valence-electron chi connectivity index (χ2n) is 5.22. The predicted octanol–water partition coefficient (Wildman–Crippen LogP) is 0.620. The number of likely N-dealkylation sites (N-methyl/N-ethyl adjacent to an activating group) is 1. The van der Waals surface area contributed by atoms with E-state index in [1.54, 1.807) is 0 Å². The minimum atomic E-state index is -0.187. The largest absolute Gasteiger partial charge is 0.394 e. The van der Waals surface area contributed by atoms with E-state index in [0.717, 1.165) is 6.42 Å². The molecule has 0 aliphatic carbocycles. The molecule has 0 aromatic carbocycles. The highest BCUT2D eigenvalue weighted by Gasteiger charge is 2.23. The smallest absolute Gasteiger partial charge is 0.237 e. The molecule has 0 saturated carbocycles. The molecule has 0 rings (SSSR count). The summed E-state index contributed by atoms with van der Waals surface area (Å²) in [4.78, 5) is 14.0. The van der Waals surface area contributed by atoms with E-state index in [1.165, 1.54) is 0 Å². The summed E-state index contributed by atoms with van der Waals surface area (Å²) in [5.41, 5.74) is -0.167. The fourth-order valence-electron chi connectivity index (χ4n) is 1.30. The summed E-state index contributed by atoms with van der Waals surface area (Å²) in [5.74, 6) is 0.0338. The molecule has 0 aliphatic heterocycles. The van der Waals surface area contributed by atoms with E-state index in [0.29, 0.717) is 19.8 Å². The average Bonchev–Trinajstić information content (AvgIpc) is 2.32. The SMILES string of the molecule is CCC(C)(C)NC(=O)C(C)N(C)CCOCCO. The molecule has 0 aliphatic rings. The molecule has 0 bridgehead atoms. The molecule has 0 fully saturated rings. The van der Waals surface area contributed by atoms with Gasteiger partial charge in [0.15, 0.2) is 0 Å². The minimum absolute atomic E-state index is 0.0322. The minimum Gasteiger partial charge on any atom is -0.394 e. The van der Waals surface area contributed by atoms with Gasteiger partial charge in [-0.05, 0) is 34.2 Å². The summed E-state index contributed by atoms with van der Waals surface area (Å²) in [6.45, 7) is 9.53. The average molecular weight is 260 g/mol. The normalized spacial score (nSPS) is 13.7. The first-order valence-corrected chi connectivity index (χ1v) is 6.55. The lowest BCUT2D eigenvalue weighted by molar-refractivity contribution is -0.127. The number of hydrogen-bond donors (Lipinski definition) is 2. The van der Waals surface area contributed by atoms with E-state index in [4.69, 9.17) is 9.84 Å². The number of nitrogens with one attached hydrogen (secondary N) is 1. The summed E-state index contributed by atoms with van der Waals surface area (Å²) < 4.78 is 5.18. The van der Waals surface area contributed by atoms with Crippen LogP contribution >= 0.6 is 0 Å². The number of rotatable bonds is 9. The van der Waals surface area contributed by atoms with Gasteiger partial charge in [-0.2, -0.15) is 0 Å². The second kappa shape index (κ2) is 8.45. The van der Waals surface area contributed by atoms with Crippen LogP contribution < -0.4 is 5.32 Å². The van der Waals surface area contributed by atoms with Gasteiger partial charge in [0, 0.05) is 12.1 Å². The van der Waals surface area contributed by atoms with Crippen LogP contribution in [0.4, 0.5) is 0 Å². The lowest BCUT2D eigenvalue weighted by Gasteiger charge is -2.30. The fourth-order valence-corrected chi connectivity index (χ4v) is 1.30. The molecule has 5 nitrogen and oxygen atoms in total. The van der Waals surface area contributed by atoms with E-state index in [9.17, 15) is 4.79 Å². The Morgan fingerprint density at radius 1 is 1.44 bits per heavy atom. The Hall–Kier alpha value is -0.650. The van der Waals surface area contributed by atoms with Crippen LogP contribution in [0.5, 0.6) is 0 Å². The van der Waals surface area contributed by atoms with Crippen molar-refractivity contribution < 1.29 is 14.6 Å². The third-order valence-electron chi connectivity index (χ3n) is 3.21. The van der Waals surface area contributed by atoms with Crippen LogP contribution in [0.15, 0.2) is 0 Å². The highest BCUT2D eigenvalue weighted by molar-refractivity contribution is 5.81. The molecular weight excluding hydrogens is 232 g/mol. The van der Waals surface area contributed by atoms with Crippen LogP contribution in [0.3, 0.4) is 0 Å². The summed E-state index contributed by atoms with van der Waals surface area (Å²) >= 11 is 0. The van der Waals surface area contributed by atoms with Gasteiger partial charge >= 0.3 is 0 Å². The number of nitrogens with zero attached hydrogens (tertiary/aromatic N) is 1. The van der Waals surface area contributed by atoms with Crippen LogP contribution in [0, 0.1) is 0 Å². The van der Waals surface area contributed by atoms with Crippen molar-refractivity contribution in [2.24, 2.45) is 0 Å². The molecule has 18 heavy (non-hydrogen) atoms. The number of aliphatic hydroxyl groups is 1. The molecule has 0 aromatic rings. The predicted molar refractivity (Wildman–Crippen MR) is 72.5 cm³/mol. The van der Waals surface area contributed by atoms with Gasteiger partial charge in [0.2, 0.25) is 5.91 Å². The zero-order valence-corrected chi connectivity index (χ0v) is 12.3. The van der Waals surface area contributed by atoms with Crippen molar-refractivity contribution >= 4 is 5.91 Å². The first kappa shape index (κ1) is 17.4. The topological polar surface area (TPSA) is 61.8 Å². The number of ether oxygens (including phenoxy) is 1. The molecular formula is C13H28N2O3. The third kappa shape index (κ3) is 6.93. The first-order chi connectivity index (χ1) is 8.34. The molecule has 2 N–H and O–H groups in total. The Morgan fingerprint density at radius 3 is 2.56 bits per heavy atom. The van der Waals surface area contributed by atoms with Gasteiger partial charge in [0.05, 0.1) is 25.9 Å². The quantitative estimate of drug-likeness (QED) is 0.597. The Balaban J connectivity index is 4.04. The molecule has 0 saturated heterocycles. The van der Waals surface area contributed by atoms with Crippen LogP contribution in [0.2, 0.25) is 0 Å². The van der Waals surface area contributed by atoms with E-state index in [-0.39, 0.29) is 24.1 Å². The van der Waals surface area contributed by atoms with Gasteiger partial charge in [0.1, 0.15) is 0 Å². The Labute approximate surface area is 110 Å². The van der Waals surface area contributed by atoms with Crippen molar-refractivity contribution in [2.75, 3.05) is 33.4 Å². The number of carbonyl (C=O) groups excluding carboxylic acids is 1. The van der Waals surface area contributed by atoms with E-state index in [1.807, 2.05) is 32.7 Å². The second-order valence-corrected chi connectivity index (χ2v) is 5.22. The maximum absolute atomic E-state index is 12.0. The number of amides is 1. The molecule has 5 heteroatoms. The van der Waals surface area contributed by atoms with Crippen LogP contribution in [-0.2, 0) is 9.53 Å². The maximum Gasteiger partial charge on any atom is 0.237 e. The van der Waals surface area contributed by atoms with Gasteiger partial charge in [-0.3, -0.25) is 9.69 Å². The lowest BCUT2D eigenvalue weighted by Crippen LogP contribution is -2.51. The van der Waals surface area contributed by atoms with Crippen LogP contribution in [-0.4, -0.2) is 60.9 Å². The number of aliphatic hydroxyl groups excluding tert-OH is 1. The van der Waals surface area contributed by atoms with Crippen molar-refractivity contribution in [2.45, 2.75) is 45.7 Å². The van der Waals surface area contributed by atoms with Gasteiger partial charge in [0.25, 0.3) is 0 Å². The Bertz CT molecular complexity index is 244.